The first-order valence-corrected chi connectivity index (χ1v) is 7.86. The molecule has 0 aromatic heterocycles. The van der Waals surface area contributed by atoms with Gasteiger partial charge in [-0.2, -0.15) is 0 Å². The number of ether oxygens (including phenoxy) is 1. The molecule has 112 valence electrons. The minimum absolute atomic E-state index is 0.432. The Hall–Kier alpha value is -0.900. The molecular formula is C17H28N2O. The smallest absolute Gasteiger partial charge is 0.0702 e. The third kappa shape index (κ3) is 5.23. The second-order valence-corrected chi connectivity index (χ2v) is 5.78. The first-order chi connectivity index (χ1) is 9.78. The molecule has 1 N–H and O–H groups in total. The van der Waals surface area contributed by atoms with E-state index in [0.717, 1.165) is 32.8 Å². The Labute approximate surface area is 123 Å². The van der Waals surface area contributed by atoms with E-state index >= 15 is 0 Å². The van der Waals surface area contributed by atoms with Crippen LogP contribution in [0.1, 0.15) is 37.3 Å². The molecule has 2 rings (SSSR count). The number of nitrogens with one attached hydrogen (secondary N) is 1. The summed E-state index contributed by atoms with van der Waals surface area (Å²) in [6.45, 7) is 7.10. The summed E-state index contributed by atoms with van der Waals surface area (Å²) in [4.78, 5) is 2.37. The lowest BCUT2D eigenvalue weighted by Crippen LogP contribution is -2.33. The van der Waals surface area contributed by atoms with Crippen molar-refractivity contribution >= 4 is 0 Å². The van der Waals surface area contributed by atoms with Gasteiger partial charge < -0.3 is 10.1 Å². The van der Waals surface area contributed by atoms with E-state index in [1.165, 1.54) is 30.4 Å². The van der Waals surface area contributed by atoms with Gasteiger partial charge >= 0.3 is 0 Å². The summed E-state index contributed by atoms with van der Waals surface area (Å²) in [5, 5.41) is 3.35. The molecule has 1 heterocycles. The van der Waals surface area contributed by atoms with Crippen LogP contribution in [0.3, 0.4) is 0 Å². The zero-order valence-electron chi connectivity index (χ0n) is 12.9. The highest BCUT2D eigenvalue weighted by atomic mass is 16.5. The van der Waals surface area contributed by atoms with Crippen molar-refractivity contribution in [3.05, 3.63) is 35.4 Å². The van der Waals surface area contributed by atoms with E-state index in [1.807, 2.05) is 0 Å². The van der Waals surface area contributed by atoms with Crippen molar-refractivity contribution in [2.45, 2.75) is 45.4 Å². The molecule has 1 fully saturated rings. The molecule has 1 aromatic rings. The molecule has 1 aliphatic rings. The Bertz CT molecular complexity index is 371. The van der Waals surface area contributed by atoms with Crippen molar-refractivity contribution in [3.63, 3.8) is 0 Å². The van der Waals surface area contributed by atoms with Crippen molar-refractivity contribution in [2.24, 2.45) is 0 Å². The lowest BCUT2D eigenvalue weighted by atomic mass is 10.1. The molecule has 0 aliphatic carbocycles. The summed E-state index contributed by atoms with van der Waals surface area (Å²) in [5.74, 6) is 0. The van der Waals surface area contributed by atoms with Crippen LogP contribution in [-0.2, 0) is 17.8 Å². The average molecular weight is 276 g/mol. The van der Waals surface area contributed by atoms with Crippen LogP contribution >= 0.6 is 0 Å². The molecule has 0 amide bonds. The third-order valence-corrected chi connectivity index (χ3v) is 3.84. The van der Waals surface area contributed by atoms with Crippen molar-refractivity contribution in [1.82, 2.24) is 10.2 Å². The standard InChI is InChI=1S/C17H28N2O/c1-3-18-12-15-7-9-16(10-8-15)13-19(2)14-17-6-4-5-11-20-17/h7-10,17-18H,3-6,11-14H2,1-2H3. The molecule has 1 aliphatic heterocycles. The Morgan fingerprint density at radius 3 is 2.60 bits per heavy atom. The number of rotatable bonds is 7. The van der Waals surface area contributed by atoms with Gasteiger partial charge in [0.2, 0.25) is 0 Å². The SMILES string of the molecule is CCNCc1ccc(CN(C)CC2CCCCO2)cc1. The van der Waals surface area contributed by atoms with Gasteiger partial charge in [-0.25, -0.2) is 0 Å². The van der Waals surface area contributed by atoms with Crippen LogP contribution in [0.5, 0.6) is 0 Å². The molecule has 1 aromatic carbocycles. The summed E-state index contributed by atoms with van der Waals surface area (Å²) < 4.78 is 5.80. The molecule has 20 heavy (non-hydrogen) atoms. The first-order valence-electron chi connectivity index (χ1n) is 7.86. The maximum atomic E-state index is 5.80. The molecule has 1 unspecified atom stereocenters. The molecular weight excluding hydrogens is 248 g/mol. The van der Waals surface area contributed by atoms with Crippen molar-refractivity contribution in [3.8, 4) is 0 Å². The quantitative estimate of drug-likeness (QED) is 0.829. The number of likely N-dealkylation sites (N-methyl/N-ethyl adjacent to an activating group) is 1. The molecule has 3 heteroatoms. The van der Waals surface area contributed by atoms with Crippen LogP contribution in [0, 0.1) is 0 Å². The van der Waals surface area contributed by atoms with E-state index in [4.69, 9.17) is 4.74 Å². The molecule has 0 radical (unpaired) electrons. The van der Waals surface area contributed by atoms with Crippen LogP contribution in [-0.4, -0.2) is 37.7 Å². The van der Waals surface area contributed by atoms with Gasteiger partial charge in [0.25, 0.3) is 0 Å². The first kappa shape index (κ1) is 15.5. The van der Waals surface area contributed by atoms with E-state index in [1.54, 1.807) is 0 Å². The molecule has 1 saturated heterocycles. The molecule has 0 saturated carbocycles. The van der Waals surface area contributed by atoms with Crippen LogP contribution in [0.25, 0.3) is 0 Å². The highest BCUT2D eigenvalue weighted by Gasteiger charge is 2.15. The minimum atomic E-state index is 0.432. The summed E-state index contributed by atoms with van der Waals surface area (Å²) in [5.41, 5.74) is 2.73. The number of nitrogens with zero attached hydrogens (tertiary/aromatic N) is 1. The summed E-state index contributed by atoms with van der Waals surface area (Å²) in [6, 6.07) is 8.93. The Morgan fingerprint density at radius 2 is 1.95 bits per heavy atom. The van der Waals surface area contributed by atoms with E-state index in [0.29, 0.717) is 6.10 Å². The topological polar surface area (TPSA) is 24.5 Å². The highest BCUT2D eigenvalue weighted by Crippen LogP contribution is 2.14. The minimum Gasteiger partial charge on any atom is -0.377 e. The van der Waals surface area contributed by atoms with Crippen molar-refractivity contribution in [1.29, 1.82) is 0 Å². The molecule has 0 spiro atoms. The number of hydrogen-bond donors (Lipinski definition) is 1. The van der Waals surface area contributed by atoms with Crippen LogP contribution < -0.4 is 5.32 Å². The van der Waals surface area contributed by atoms with Crippen molar-refractivity contribution < 1.29 is 4.74 Å². The molecule has 3 nitrogen and oxygen atoms in total. The Kier molecular flexibility index (Phi) is 6.51. The van der Waals surface area contributed by atoms with Gasteiger partial charge in [0, 0.05) is 26.2 Å². The van der Waals surface area contributed by atoms with Crippen LogP contribution in [0.4, 0.5) is 0 Å². The van der Waals surface area contributed by atoms with E-state index < -0.39 is 0 Å². The number of hydrogen-bond acceptors (Lipinski definition) is 3. The number of benzene rings is 1. The Morgan fingerprint density at radius 1 is 1.20 bits per heavy atom. The van der Waals surface area contributed by atoms with Gasteiger partial charge in [0.05, 0.1) is 6.10 Å². The van der Waals surface area contributed by atoms with Gasteiger partial charge in [-0.15, -0.1) is 0 Å². The summed E-state index contributed by atoms with van der Waals surface area (Å²) in [7, 11) is 2.19. The van der Waals surface area contributed by atoms with Gasteiger partial charge in [0.1, 0.15) is 0 Å². The fourth-order valence-electron chi connectivity index (χ4n) is 2.71. The van der Waals surface area contributed by atoms with Crippen molar-refractivity contribution in [2.75, 3.05) is 26.7 Å². The maximum absolute atomic E-state index is 5.80. The monoisotopic (exact) mass is 276 g/mol. The van der Waals surface area contributed by atoms with E-state index in [-0.39, 0.29) is 0 Å². The molecule has 0 bridgehead atoms. The highest BCUT2D eigenvalue weighted by molar-refractivity contribution is 5.22. The van der Waals surface area contributed by atoms with E-state index in [2.05, 4.69) is 48.5 Å². The predicted octanol–water partition coefficient (Wildman–Crippen LogP) is 2.80. The van der Waals surface area contributed by atoms with Crippen LogP contribution in [0.15, 0.2) is 24.3 Å². The Balaban J connectivity index is 1.76. The normalized spacial score (nSPS) is 19.4. The van der Waals surface area contributed by atoms with Crippen LogP contribution in [0.2, 0.25) is 0 Å². The second kappa shape index (κ2) is 8.40. The third-order valence-electron chi connectivity index (χ3n) is 3.84. The lowest BCUT2D eigenvalue weighted by molar-refractivity contribution is -0.00259. The zero-order valence-corrected chi connectivity index (χ0v) is 12.9. The van der Waals surface area contributed by atoms with Gasteiger partial charge in [-0.05, 0) is 44.0 Å². The maximum Gasteiger partial charge on any atom is 0.0702 e. The average Bonchev–Trinajstić information content (AvgIpc) is 2.47. The summed E-state index contributed by atoms with van der Waals surface area (Å²) >= 11 is 0. The lowest BCUT2D eigenvalue weighted by Gasteiger charge is -2.27. The fourth-order valence-corrected chi connectivity index (χ4v) is 2.71. The largest absolute Gasteiger partial charge is 0.377 e. The fraction of sp³-hybridized carbons (Fsp3) is 0.647. The molecule has 1 atom stereocenters. The van der Waals surface area contributed by atoms with Gasteiger partial charge in [-0.3, -0.25) is 4.90 Å². The van der Waals surface area contributed by atoms with Gasteiger partial charge in [0.15, 0.2) is 0 Å². The predicted molar refractivity (Wildman–Crippen MR) is 83.7 cm³/mol. The summed E-state index contributed by atoms with van der Waals surface area (Å²) in [6.07, 6.45) is 4.19. The second-order valence-electron chi connectivity index (χ2n) is 5.78. The van der Waals surface area contributed by atoms with Gasteiger partial charge in [-0.1, -0.05) is 31.2 Å². The van der Waals surface area contributed by atoms with E-state index in [9.17, 15) is 0 Å². The zero-order chi connectivity index (χ0) is 14.2.